The molecule has 0 saturated carbocycles. The van der Waals surface area contributed by atoms with E-state index in [0.717, 1.165) is 0 Å². The van der Waals surface area contributed by atoms with E-state index < -0.39 is 11.1 Å². The topological polar surface area (TPSA) is 53.0 Å². The Balaban J connectivity index is 0.00000121. The Kier molecular flexibility index (Phi) is 5.93. The van der Waals surface area contributed by atoms with Crippen LogP contribution >= 0.6 is 23.2 Å². The third-order valence-corrected chi connectivity index (χ3v) is 2.26. The van der Waals surface area contributed by atoms with Crippen LogP contribution in [0.3, 0.4) is 0 Å². The second-order valence-electron chi connectivity index (χ2n) is 1.66. The van der Waals surface area contributed by atoms with Gasteiger partial charge in [0.25, 0.3) is 0 Å². The maximum absolute atomic E-state index is 10.4. The molecule has 1 aromatic heterocycles. The molecule has 1 rings (SSSR count). The van der Waals surface area contributed by atoms with Crippen molar-refractivity contribution in [3.63, 3.8) is 0 Å². The predicted molar refractivity (Wildman–Crippen MR) is 41.4 cm³/mol. The largest absolute Gasteiger partial charge is 1.00 e. The molecule has 0 spiro atoms. The van der Waals surface area contributed by atoms with Crippen LogP contribution in [0.2, 0.25) is 10.3 Å². The molecule has 0 N–H and O–H groups in total. The SMILES string of the molecule is O=S([O-])c1ccc(Cl)nc1Cl.[Na+]. The van der Waals surface area contributed by atoms with Gasteiger partial charge in [0.15, 0.2) is 0 Å². The summed E-state index contributed by atoms with van der Waals surface area (Å²) in [4.78, 5) is 3.49. The van der Waals surface area contributed by atoms with Crippen molar-refractivity contribution in [1.82, 2.24) is 4.98 Å². The van der Waals surface area contributed by atoms with Crippen molar-refractivity contribution in [1.29, 1.82) is 0 Å². The summed E-state index contributed by atoms with van der Waals surface area (Å²) in [6, 6.07) is 2.65. The van der Waals surface area contributed by atoms with E-state index in [4.69, 9.17) is 23.2 Å². The van der Waals surface area contributed by atoms with Gasteiger partial charge in [-0.3, -0.25) is 4.21 Å². The Morgan fingerprint density at radius 1 is 1.42 bits per heavy atom. The predicted octanol–water partition coefficient (Wildman–Crippen LogP) is -1.37. The monoisotopic (exact) mass is 233 g/mol. The first kappa shape index (κ1) is 12.8. The van der Waals surface area contributed by atoms with E-state index in [1.165, 1.54) is 12.1 Å². The van der Waals surface area contributed by atoms with Crippen molar-refractivity contribution in [3.05, 3.63) is 22.4 Å². The van der Waals surface area contributed by atoms with E-state index in [-0.39, 0.29) is 44.8 Å². The Morgan fingerprint density at radius 2 is 2.00 bits per heavy atom. The molecule has 1 atom stereocenters. The van der Waals surface area contributed by atoms with Crippen molar-refractivity contribution in [2.75, 3.05) is 0 Å². The second-order valence-corrected chi connectivity index (χ2v) is 3.31. The van der Waals surface area contributed by atoms with Crippen LogP contribution in [0.1, 0.15) is 0 Å². The molecule has 0 amide bonds. The molecule has 0 aliphatic rings. The summed E-state index contributed by atoms with van der Waals surface area (Å²) in [5.74, 6) is 0. The fraction of sp³-hybridized carbons (Fsp3) is 0. The number of aromatic nitrogens is 1. The third kappa shape index (κ3) is 3.30. The minimum atomic E-state index is -2.35. The van der Waals surface area contributed by atoms with Crippen LogP contribution < -0.4 is 29.6 Å². The number of hydrogen-bond donors (Lipinski definition) is 0. The summed E-state index contributed by atoms with van der Waals surface area (Å²) in [5.41, 5.74) is 0. The molecule has 60 valence electrons. The van der Waals surface area contributed by atoms with Crippen LogP contribution in [0.5, 0.6) is 0 Å². The van der Waals surface area contributed by atoms with Crippen molar-refractivity contribution >= 4 is 34.3 Å². The standard InChI is InChI=1S/C5H3Cl2NO2S.Na/c6-4-2-1-3(11(9)10)5(7)8-4;/h1-2H,(H,9,10);/q;+1/p-1. The summed E-state index contributed by atoms with van der Waals surface area (Å²) >= 11 is 8.51. The van der Waals surface area contributed by atoms with Gasteiger partial charge in [-0.2, -0.15) is 0 Å². The molecule has 1 heterocycles. The van der Waals surface area contributed by atoms with E-state index in [9.17, 15) is 8.76 Å². The molecule has 0 fully saturated rings. The summed E-state index contributed by atoms with van der Waals surface area (Å²) in [7, 11) is 0. The van der Waals surface area contributed by atoms with Crippen LogP contribution in [-0.2, 0) is 11.1 Å². The summed E-state index contributed by atoms with van der Waals surface area (Å²) in [6.45, 7) is 0. The van der Waals surface area contributed by atoms with Gasteiger partial charge in [-0.05, 0) is 23.2 Å². The molecule has 1 aromatic rings. The Labute approximate surface area is 104 Å². The summed E-state index contributed by atoms with van der Waals surface area (Å²) in [6.07, 6.45) is 0. The van der Waals surface area contributed by atoms with E-state index in [2.05, 4.69) is 4.98 Å². The van der Waals surface area contributed by atoms with Crippen LogP contribution in [0.25, 0.3) is 0 Å². The number of hydrogen-bond acceptors (Lipinski definition) is 3. The quantitative estimate of drug-likeness (QED) is 0.342. The molecule has 1 unspecified atom stereocenters. The van der Waals surface area contributed by atoms with E-state index in [0.29, 0.717) is 0 Å². The molecule has 3 nitrogen and oxygen atoms in total. The van der Waals surface area contributed by atoms with Gasteiger partial charge >= 0.3 is 29.6 Å². The van der Waals surface area contributed by atoms with Crippen LogP contribution in [0.15, 0.2) is 17.0 Å². The van der Waals surface area contributed by atoms with Gasteiger partial charge in [-0.15, -0.1) is 0 Å². The van der Waals surface area contributed by atoms with Gasteiger partial charge in [-0.25, -0.2) is 4.98 Å². The normalized spacial score (nSPS) is 11.9. The fourth-order valence-electron chi connectivity index (χ4n) is 0.524. The first-order valence-electron chi connectivity index (χ1n) is 2.52. The summed E-state index contributed by atoms with van der Waals surface area (Å²) in [5, 5.41) is 0.0648. The first-order valence-corrected chi connectivity index (χ1v) is 4.35. The zero-order chi connectivity index (χ0) is 8.43. The summed E-state index contributed by atoms with van der Waals surface area (Å²) < 4.78 is 20.7. The van der Waals surface area contributed by atoms with Crippen molar-refractivity contribution in [2.45, 2.75) is 4.90 Å². The molecule has 7 heteroatoms. The van der Waals surface area contributed by atoms with Gasteiger partial charge in [0.1, 0.15) is 10.3 Å². The zero-order valence-electron chi connectivity index (χ0n) is 6.08. The van der Waals surface area contributed by atoms with E-state index in [1.54, 1.807) is 0 Å². The number of nitrogens with zero attached hydrogens (tertiary/aromatic N) is 1. The molecular weight excluding hydrogens is 232 g/mol. The number of halogens is 2. The van der Waals surface area contributed by atoms with Gasteiger partial charge in [0, 0.05) is 0 Å². The molecular formula is C5H2Cl2NNaO2S. The maximum atomic E-state index is 10.4. The first-order chi connectivity index (χ1) is 5.11. The molecule has 0 aromatic carbocycles. The van der Waals surface area contributed by atoms with Gasteiger partial charge < -0.3 is 4.55 Å². The van der Waals surface area contributed by atoms with Crippen LogP contribution in [-0.4, -0.2) is 13.7 Å². The van der Waals surface area contributed by atoms with Crippen LogP contribution in [0.4, 0.5) is 0 Å². The van der Waals surface area contributed by atoms with Crippen molar-refractivity contribution < 1.29 is 38.3 Å². The van der Waals surface area contributed by atoms with Crippen molar-refractivity contribution in [3.8, 4) is 0 Å². The minimum absolute atomic E-state index is 0. The zero-order valence-corrected chi connectivity index (χ0v) is 10.4. The molecule has 0 bridgehead atoms. The average molecular weight is 234 g/mol. The van der Waals surface area contributed by atoms with Crippen LogP contribution in [0, 0.1) is 0 Å². The molecule has 0 saturated heterocycles. The Bertz CT molecular complexity index is 309. The van der Waals surface area contributed by atoms with Crippen molar-refractivity contribution in [2.24, 2.45) is 0 Å². The molecule has 0 aliphatic carbocycles. The Morgan fingerprint density at radius 3 is 2.42 bits per heavy atom. The molecule has 0 radical (unpaired) electrons. The average Bonchev–Trinajstić information content (AvgIpc) is 1.85. The third-order valence-electron chi connectivity index (χ3n) is 0.960. The number of rotatable bonds is 1. The Hall–Kier alpha value is 0.840. The van der Waals surface area contributed by atoms with E-state index >= 15 is 0 Å². The molecule has 12 heavy (non-hydrogen) atoms. The second kappa shape index (κ2) is 5.54. The van der Waals surface area contributed by atoms with Gasteiger partial charge in [0.05, 0.1) is 4.90 Å². The molecule has 0 aliphatic heterocycles. The van der Waals surface area contributed by atoms with Gasteiger partial charge in [-0.1, -0.05) is 23.2 Å². The number of pyridine rings is 1. The maximum Gasteiger partial charge on any atom is 1.00 e. The van der Waals surface area contributed by atoms with E-state index in [1.807, 2.05) is 0 Å². The van der Waals surface area contributed by atoms with Gasteiger partial charge in [0.2, 0.25) is 0 Å². The smallest absolute Gasteiger partial charge is 0.768 e. The fourth-order valence-corrected chi connectivity index (χ4v) is 1.42. The minimum Gasteiger partial charge on any atom is -0.768 e.